The van der Waals surface area contributed by atoms with Gasteiger partial charge in [0, 0.05) is 32.6 Å². The predicted molar refractivity (Wildman–Crippen MR) is 85.6 cm³/mol. The number of carboxylic acid groups (broad SMARTS) is 1. The molecule has 0 unspecified atom stereocenters. The fourth-order valence-corrected chi connectivity index (χ4v) is 3.45. The third-order valence-electron chi connectivity index (χ3n) is 4.87. The maximum absolute atomic E-state index is 11.8. The lowest BCUT2D eigenvalue weighted by atomic mass is 9.76. The maximum Gasteiger partial charge on any atom is 0.311 e. The highest BCUT2D eigenvalue weighted by Gasteiger charge is 2.41. The normalized spacial score (nSPS) is 26.3. The number of nitrogens with zero attached hydrogens (tertiary/aromatic N) is 2. The number of allylic oxidation sites excluding steroid dienone is 2. The highest BCUT2D eigenvalue weighted by Crippen LogP contribution is 2.34. The molecular weight excluding hydrogens is 280 g/mol. The van der Waals surface area contributed by atoms with E-state index in [0.29, 0.717) is 19.4 Å². The molecule has 22 heavy (non-hydrogen) atoms. The quantitative estimate of drug-likeness (QED) is 0.764. The second-order valence-electron chi connectivity index (χ2n) is 6.94. The Morgan fingerprint density at radius 3 is 2.64 bits per heavy atom. The first kappa shape index (κ1) is 17.0. The van der Waals surface area contributed by atoms with E-state index in [1.807, 2.05) is 24.8 Å². The van der Waals surface area contributed by atoms with Crippen molar-refractivity contribution < 1.29 is 14.7 Å². The molecule has 124 valence electrons. The highest BCUT2D eigenvalue weighted by molar-refractivity contribution is 5.78. The van der Waals surface area contributed by atoms with Crippen molar-refractivity contribution >= 4 is 11.9 Å². The summed E-state index contributed by atoms with van der Waals surface area (Å²) in [6, 6.07) is 0. The summed E-state index contributed by atoms with van der Waals surface area (Å²) >= 11 is 0. The lowest BCUT2D eigenvalue weighted by Gasteiger charge is -2.40. The first-order chi connectivity index (χ1) is 10.4. The topological polar surface area (TPSA) is 60.9 Å². The summed E-state index contributed by atoms with van der Waals surface area (Å²) < 4.78 is 0. The summed E-state index contributed by atoms with van der Waals surface area (Å²) in [6.45, 7) is 7.92. The van der Waals surface area contributed by atoms with Crippen LogP contribution in [0.3, 0.4) is 0 Å². The van der Waals surface area contributed by atoms with E-state index < -0.39 is 11.4 Å². The molecule has 0 radical (unpaired) electrons. The molecule has 2 heterocycles. The fraction of sp³-hybridized carbons (Fsp3) is 0.765. The van der Waals surface area contributed by atoms with Crippen LogP contribution in [0.1, 0.15) is 46.0 Å². The molecule has 0 saturated carbocycles. The van der Waals surface area contributed by atoms with E-state index in [0.717, 1.165) is 45.4 Å². The number of likely N-dealkylation sites (tertiary alicyclic amines) is 2. The van der Waals surface area contributed by atoms with Crippen LogP contribution in [-0.4, -0.2) is 59.5 Å². The van der Waals surface area contributed by atoms with Gasteiger partial charge in [-0.2, -0.15) is 0 Å². The molecule has 1 atom stereocenters. The predicted octanol–water partition coefficient (Wildman–Crippen LogP) is 2.13. The lowest BCUT2D eigenvalue weighted by molar-refractivity contribution is -0.152. The van der Waals surface area contributed by atoms with Gasteiger partial charge in [-0.15, -0.1) is 0 Å². The highest BCUT2D eigenvalue weighted by atomic mass is 16.4. The maximum atomic E-state index is 11.8. The third kappa shape index (κ3) is 4.09. The van der Waals surface area contributed by atoms with Crippen LogP contribution in [0, 0.1) is 5.41 Å². The molecule has 0 aliphatic carbocycles. The number of piperidine rings is 1. The van der Waals surface area contributed by atoms with E-state index in [1.165, 1.54) is 5.57 Å². The van der Waals surface area contributed by atoms with Crippen LogP contribution >= 0.6 is 0 Å². The molecule has 2 saturated heterocycles. The zero-order valence-corrected chi connectivity index (χ0v) is 13.8. The van der Waals surface area contributed by atoms with Crippen molar-refractivity contribution in [1.29, 1.82) is 0 Å². The van der Waals surface area contributed by atoms with Gasteiger partial charge >= 0.3 is 5.97 Å². The van der Waals surface area contributed by atoms with Crippen molar-refractivity contribution in [2.45, 2.75) is 46.0 Å². The minimum Gasteiger partial charge on any atom is -0.481 e. The van der Waals surface area contributed by atoms with E-state index in [2.05, 4.69) is 4.90 Å². The molecule has 0 aromatic heterocycles. The van der Waals surface area contributed by atoms with Crippen molar-refractivity contribution in [3.63, 3.8) is 0 Å². The number of hydrogen-bond acceptors (Lipinski definition) is 3. The van der Waals surface area contributed by atoms with Gasteiger partial charge in [0.05, 0.1) is 5.41 Å². The second-order valence-corrected chi connectivity index (χ2v) is 6.94. The molecule has 5 heteroatoms. The summed E-state index contributed by atoms with van der Waals surface area (Å²) in [5.74, 6) is -0.446. The Labute approximate surface area is 133 Å². The molecular formula is C17H28N2O3. The summed E-state index contributed by atoms with van der Waals surface area (Å²) in [4.78, 5) is 27.6. The van der Waals surface area contributed by atoms with Crippen LogP contribution in [0.2, 0.25) is 0 Å². The van der Waals surface area contributed by atoms with Crippen molar-refractivity contribution in [3.05, 3.63) is 11.6 Å². The fourth-order valence-electron chi connectivity index (χ4n) is 3.45. The minimum atomic E-state index is -0.688. The zero-order chi connectivity index (χ0) is 16.2. The molecule has 0 spiro atoms. The molecule has 0 bridgehead atoms. The van der Waals surface area contributed by atoms with Crippen LogP contribution in [0.4, 0.5) is 0 Å². The van der Waals surface area contributed by atoms with Gasteiger partial charge in [-0.05, 0) is 46.1 Å². The Bertz CT molecular complexity index is 457. The van der Waals surface area contributed by atoms with Crippen LogP contribution < -0.4 is 0 Å². The third-order valence-corrected chi connectivity index (χ3v) is 4.87. The summed E-state index contributed by atoms with van der Waals surface area (Å²) in [6.07, 6.45) is 5.92. The smallest absolute Gasteiger partial charge is 0.311 e. The number of aliphatic carboxylic acids is 1. The molecule has 2 aliphatic rings. The molecule has 5 nitrogen and oxygen atoms in total. The zero-order valence-electron chi connectivity index (χ0n) is 13.8. The molecule has 2 fully saturated rings. The van der Waals surface area contributed by atoms with Gasteiger partial charge < -0.3 is 14.9 Å². The Kier molecular flexibility index (Phi) is 5.62. The van der Waals surface area contributed by atoms with Gasteiger partial charge in [0.25, 0.3) is 0 Å². The van der Waals surface area contributed by atoms with Gasteiger partial charge in [-0.1, -0.05) is 11.6 Å². The number of carbonyl (C=O) groups excluding carboxylic acids is 1. The molecule has 1 N–H and O–H groups in total. The van der Waals surface area contributed by atoms with E-state index in [1.54, 1.807) is 0 Å². The molecule has 2 aliphatic heterocycles. The second kappa shape index (κ2) is 7.27. The molecule has 0 aromatic rings. The van der Waals surface area contributed by atoms with Gasteiger partial charge in [0.2, 0.25) is 5.91 Å². The number of rotatable bonds is 6. The first-order valence-corrected chi connectivity index (χ1v) is 8.30. The Hall–Kier alpha value is -1.36. The largest absolute Gasteiger partial charge is 0.481 e. The number of carbonyl (C=O) groups is 2. The minimum absolute atomic E-state index is 0.242. The first-order valence-electron chi connectivity index (χ1n) is 8.30. The van der Waals surface area contributed by atoms with Crippen molar-refractivity contribution in [2.75, 3.05) is 32.7 Å². The standard InChI is InChI=1S/C17H28N2O3/c1-14(2)6-8-17(16(21)22)7-4-9-18(13-17)11-12-19-10-3-5-15(19)20/h6H,3-5,7-13H2,1-2H3,(H,21,22)/t17-/m1/s1. The van der Waals surface area contributed by atoms with Crippen LogP contribution in [0.25, 0.3) is 0 Å². The average molecular weight is 308 g/mol. The van der Waals surface area contributed by atoms with E-state index in [9.17, 15) is 14.7 Å². The Balaban J connectivity index is 1.94. The Morgan fingerprint density at radius 2 is 2.05 bits per heavy atom. The number of hydrogen-bond donors (Lipinski definition) is 1. The summed E-state index contributed by atoms with van der Waals surface area (Å²) in [5, 5.41) is 9.72. The van der Waals surface area contributed by atoms with Crippen molar-refractivity contribution in [1.82, 2.24) is 9.80 Å². The van der Waals surface area contributed by atoms with E-state index >= 15 is 0 Å². The number of amides is 1. The van der Waals surface area contributed by atoms with Gasteiger partial charge in [-0.25, -0.2) is 0 Å². The van der Waals surface area contributed by atoms with Gasteiger partial charge in [0.1, 0.15) is 0 Å². The van der Waals surface area contributed by atoms with Crippen LogP contribution in [-0.2, 0) is 9.59 Å². The lowest BCUT2D eigenvalue weighted by Crippen LogP contribution is -2.49. The Morgan fingerprint density at radius 1 is 1.27 bits per heavy atom. The van der Waals surface area contributed by atoms with Crippen molar-refractivity contribution in [2.24, 2.45) is 5.41 Å². The summed E-state index contributed by atoms with van der Waals surface area (Å²) in [7, 11) is 0. The molecule has 2 rings (SSSR count). The summed E-state index contributed by atoms with van der Waals surface area (Å²) in [5.41, 5.74) is 0.505. The van der Waals surface area contributed by atoms with E-state index in [4.69, 9.17) is 0 Å². The van der Waals surface area contributed by atoms with Gasteiger partial charge in [-0.3, -0.25) is 9.59 Å². The SMILES string of the molecule is CC(C)=CC[C@]1(C(=O)O)CCCN(CCN2CCCC2=O)C1. The van der Waals surface area contributed by atoms with Crippen molar-refractivity contribution in [3.8, 4) is 0 Å². The molecule has 1 amide bonds. The average Bonchev–Trinajstić information content (AvgIpc) is 2.88. The monoisotopic (exact) mass is 308 g/mol. The number of carboxylic acids is 1. The van der Waals surface area contributed by atoms with E-state index in [-0.39, 0.29) is 5.91 Å². The van der Waals surface area contributed by atoms with Crippen LogP contribution in [0.15, 0.2) is 11.6 Å². The van der Waals surface area contributed by atoms with Gasteiger partial charge in [0.15, 0.2) is 0 Å². The van der Waals surface area contributed by atoms with Crippen LogP contribution in [0.5, 0.6) is 0 Å². The molecule has 0 aromatic carbocycles.